The average molecular weight is 289 g/mol. The Kier molecular flexibility index (Phi) is 5.02. The fourth-order valence-corrected chi connectivity index (χ4v) is 1.90. The van der Waals surface area contributed by atoms with Crippen molar-refractivity contribution in [2.24, 2.45) is 0 Å². The number of ether oxygens (including phenoxy) is 1. The number of carbonyl (C=O) groups is 1. The monoisotopic (exact) mass is 288 g/mol. The van der Waals surface area contributed by atoms with Crippen molar-refractivity contribution in [3.63, 3.8) is 0 Å². The van der Waals surface area contributed by atoms with Gasteiger partial charge < -0.3 is 14.2 Å². The Balaban J connectivity index is 2.78. The Morgan fingerprint density at radius 3 is 2.88 bits per heavy atom. The van der Waals surface area contributed by atoms with Gasteiger partial charge >= 0.3 is 0 Å². The number of carbonyl (C=O) groups excluding carboxylic acids is 1. The lowest BCUT2D eigenvalue weighted by Crippen LogP contribution is -2.31. The first-order valence-corrected chi connectivity index (χ1v) is 5.99. The molecule has 5 heteroatoms. The molecule has 1 heterocycles. The van der Waals surface area contributed by atoms with E-state index in [1.807, 2.05) is 23.8 Å². The molecule has 90 valence electrons. The van der Waals surface area contributed by atoms with Crippen molar-refractivity contribution in [1.82, 2.24) is 9.47 Å². The van der Waals surface area contributed by atoms with E-state index in [0.717, 1.165) is 11.0 Å². The van der Waals surface area contributed by atoms with Gasteiger partial charge in [0, 0.05) is 37.9 Å². The standard InChI is InChI=1S/C11H17BrN2O2/c1-4-14-8-9(12)7-10(14)11(15)13(2)5-6-16-3/h7-8H,4-6H2,1-3H3. The number of nitrogens with zero attached hydrogens (tertiary/aromatic N) is 2. The molecule has 0 radical (unpaired) electrons. The Morgan fingerprint density at radius 2 is 2.31 bits per heavy atom. The van der Waals surface area contributed by atoms with Crippen molar-refractivity contribution in [3.05, 3.63) is 22.4 Å². The van der Waals surface area contributed by atoms with Crippen LogP contribution < -0.4 is 0 Å². The lowest BCUT2D eigenvalue weighted by molar-refractivity contribution is 0.0734. The molecule has 0 unspecified atom stereocenters. The van der Waals surface area contributed by atoms with E-state index in [9.17, 15) is 4.79 Å². The van der Waals surface area contributed by atoms with E-state index in [2.05, 4.69) is 15.9 Å². The predicted octanol–water partition coefficient (Wildman–Crippen LogP) is 1.99. The molecule has 0 N–H and O–H groups in total. The van der Waals surface area contributed by atoms with Crippen molar-refractivity contribution in [1.29, 1.82) is 0 Å². The van der Waals surface area contributed by atoms with E-state index < -0.39 is 0 Å². The SMILES string of the molecule is CCn1cc(Br)cc1C(=O)N(C)CCOC. The molecule has 1 amide bonds. The van der Waals surface area contributed by atoms with Gasteiger partial charge in [0.2, 0.25) is 0 Å². The Morgan fingerprint density at radius 1 is 1.62 bits per heavy atom. The first-order valence-electron chi connectivity index (χ1n) is 5.20. The summed E-state index contributed by atoms with van der Waals surface area (Å²) in [6.07, 6.45) is 1.91. The van der Waals surface area contributed by atoms with Crippen molar-refractivity contribution < 1.29 is 9.53 Å². The molecule has 0 aliphatic rings. The molecule has 0 aliphatic carbocycles. The van der Waals surface area contributed by atoms with Crippen LogP contribution in [0.3, 0.4) is 0 Å². The highest BCUT2D eigenvalue weighted by Crippen LogP contribution is 2.16. The molecule has 1 rings (SSSR count). The number of rotatable bonds is 5. The van der Waals surface area contributed by atoms with Crippen LogP contribution in [0.4, 0.5) is 0 Å². The molecule has 1 aromatic heterocycles. The number of hydrogen-bond acceptors (Lipinski definition) is 2. The van der Waals surface area contributed by atoms with E-state index in [1.165, 1.54) is 0 Å². The smallest absolute Gasteiger partial charge is 0.270 e. The Labute approximate surface area is 104 Å². The van der Waals surface area contributed by atoms with Gasteiger partial charge in [-0.2, -0.15) is 0 Å². The van der Waals surface area contributed by atoms with Crippen LogP contribution in [0.2, 0.25) is 0 Å². The van der Waals surface area contributed by atoms with Crippen LogP contribution in [0, 0.1) is 0 Å². The Bertz CT molecular complexity index is 363. The highest BCUT2D eigenvalue weighted by atomic mass is 79.9. The molecular formula is C11H17BrN2O2. The largest absolute Gasteiger partial charge is 0.383 e. The van der Waals surface area contributed by atoms with Crippen molar-refractivity contribution in [2.45, 2.75) is 13.5 Å². The number of halogens is 1. The van der Waals surface area contributed by atoms with Crippen LogP contribution in [-0.2, 0) is 11.3 Å². The first kappa shape index (κ1) is 13.3. The van der Waals surface area contributed by atoms with Crippen molar-refractivity contribution in [3.8, 4) is 0 Å². The van der Waals surface area contributed by atoms with Gasteiger partial charge in [0.15, 0.2) is 0 Å². The van der Waals surface area contributed by atoms with Gasteiger partial charge in [-0.05, 0) is 28.9 Å². The second-order valence-electron chi connectivity index (χ2n) is 3.55. The number of aromatic nitrogens is 1. The van der Waals surface area contributed by atoms with Crippen LogP contribution >= 0.6 is 15.9 Å². The summed E-state index contributed by atoms with van der Waals surface area (Å²) in [6.45, 7) is 3.95. The highest BCUT2D eigenvalue weighted by molar-refractivity contribution is 9.10. The molecule has 0 saturated carbocycles. The van der Waals surface area contributed by atoms with Crippen LogP contribution in [0.5, 0.6) is 0 Å². The molecule has 0 fully saturated rings. The number of aryl methyl sites for hydroxylation is 1. The van der Waals surface area contributed by atoms with E-state index >= 15 is 0 Å². The number of likely N-dealkylation sites (N-methyl/N-ethyl adjacent to an activating group) is 1. The quantitative estimate of drug-likeness (QED) is 0.831. The fraction of sp³-hybridized carbons (Fsp3) is 0.545. The third-order valence-electron chi connectivity index (χ3n) is 2.40. The van der Waals surface area contributed by atoms with Gasteiger partial charge in [0.05, 0.1) is 6.61 Å². The van der Waals surface area contributed by atoms with Crippen LogP contribution in [0.15, 0.2) is 16.7 Å². The van der Waals surface area contributed by atoms with Gasteiger partial charge in [0.25, 0.3) is 5.91 Å². The molecule has 0 atom stereocenters. The fourth-order valence-electron chi connectivity index (χ4n) is 1.44. The minimum Gasteiger partial charge on any atom is -0.383 e. The number of methoxy groups -OCH3 is 1. The van der Waals surface area contributed by atoms with Crippen LogP contribution in [0.25, 0.3) is 0 Å². The van der Waals surface area contributed by atoms with Crippen LogP contribution in [-0.4, -0.2) is 42.7 Å². The van der Waals surface area contributed by atoms with Gasteiger partial charge in [0.1, 0.15) is 5.69 Å². The van der Waals surface area contributed by atoms with Gasteiger partial charge in [-0.1, -0.05) is 0 Å². The summed E-state index contributed by atoms with van der Waals surface area (Å²) in [4.78, 5) is 13.7. The zero-order valence-electron chi connectivity index (χ0n) is 9.86. The first-order chi connectivity index (χ1) is 7.60. The summed E-state index contributed by atoms with van der Waals surface area (Å²) in [5.41, 5.74) is 0.702. The molecule has 4 nitrogen and oxygen atoms in total. The maximum absolute atomic E-state index is 12.1. The topological polar surface area (TPSA) is 34.5 Å². The third-order valence-corrected chi connectivity index (χ3v) is 2.83. The van der Waals surface area contributed by atoms with Gasteiger partial charge in [-0.15, -0.1) is 0 Å². The summed E-state index contributed by atoms with van der Waals surface area (Å²) >= 11 is 3.38. The minimum absolute atomic E-state index is 0.0181. The minimum atomic E-state index is 0.0181. The summed E-state index contributed by atoms with van der Waals surface area (Å²) in [6, 6.07) is 1.84. The normalized spacial score (nSPS) is 10.5. The van der Waals surface area contributed by atoms with E-state index in [1.54, 1.807) is 19.1 Å². The van der Waals surface area contributed by atoms with E-state index in [4.69, 9.17) is 4.74 Å². The highest BCUT2D eigenvalue weighted by Gasteiger charge is 2.16. The molecule has 0 bridgehead atoms. The van der Waals surface area contributed by atoms with E-state index in [-0.39, 0.29) is 5.91 Å². The molecule has 0 spiro atoms. The second-order valence-corrected chi connectivity index (χ2v) is 4.46. The maximum atomic E-state index is 12.1. The molecule has 0 saturated heterocycles. The predicted molar refractivity (Wildman–Crippen MR) is 66.6 cm³/mol. The van der Waals surface area contributed by atoms with Crippen molar-refractivity contribution >= 4 is 21.8 Å². The third kappa shape index (κ3) is 3.09. The lowest BCUT2D eigenvalue weighted by atomic mass is 10.3. The molecule has 0 aromatic carbocycles. The van der Waals surface area contributed by atoms with Crippen molar-refractivity contribution in [2.75, 3.05) is 27.3 Å². The maximum Gasteiger partial charge on any atom is 0.270 e. The zero-order chi connectivity index (χ0) is 12.1. The number of amides is 1. The summed E-state index contributed by atoms with van der Waals surface area (Å²) in [5.74, 6) is 0.0181. The molecule has 1 aromatic rings. The average Bonchev–Trinajstić information content (AvgIpc) is 2.66. The summed E-state index contributed by atoms with van der Waals surface area (Å²) in [5, 5.41) is 0. The van der Waals surface area contributed by atoms with Gasteiger partial charge in [-0.25, -0.2) is 0 Å². The number of hydrogen-bond donors (Lipinski definition) is 0. The summed E-state index contributed by atoms with van der Waals surface area (Å²) in [7, 11) is 3.41. The molecular weight excluding hydrogens is 272 g/mol. The zero-order valence-corrected chi connectivity index (χ0v) is 11.5. The van der Waals surface area contributed by atoms with Crippen LogP contribution in [0.1, 0.15) is 17.4 Å². The summed E-state index contributed by atoms with van der Waals surface area (Å²) < 4.78 is 7.81. The van der Waals surface area contributed by atoms with E-state index in [0.29, 0.717) is 18.8 Å². The molecule has 16 heavy (non-hydrogen) atoms. The second kappa shape index (κ2) is 6.06. The van der Waals surface area contributed by atoms with Gasteiger partial charge in [-0.3, -0.25) is 4.79 Å². The lowest BCUT2D eigenvalue weighted by Gasteiger charge is -2.17. The Hall–Kier alpha value is -0.810. The molecule has 0 aliphatic heterocycles.